The maximum absolute atomic E-state index is 12.6. The molecule has 1 N–H and O–H groups in total. The SMILES string of the molecule is O=C(NCCCCCc1nc(-c2cccs2)no1)c1cccnc1SC(F)F. The second-order valence-electron chi connectivity index (χ2n) is 5.79. The molecule has 0 saturated heterocycles. The van der Waals surface area contributed by atoms with E-state index >= 15 is 0 Å². The molecule has 3 rings (SSSR count). The topological polar surface area (TPSA) is 80.9 Å². The number of nitrogens with zero attached hydrogens (tertiary/aromatic N) is 3. The van der Waals surface area contributed by atoms with Gasteiger partial charge in [0.15, 0.2) is 0 Å². The number of alkyl halides is 2. The third kappa shape index (κ3) is 5.83. The number of hydrogen-bond acceptors (Lipinski definition) is 7. The predicted molar refractivity (Wildman–Crippen MR) is 104 cm³/mol. The van der Waals surface area contributed by atoms with Crippen molar-refractivity contribution in [3.8, 4) is 10.7 Å². The lowest BCUT2D eigenvalue weighted by Crippen LogP contribution is -2.25. The van der Waals surface area contributed by atoms with Crippen molar-refractivity contribution in [3.63, 3.8) is 0 Å². The van der Waals surface area contributed by atoms with Crippen molar-refractivity contribution in [2.24, 2.45) is 0 Å². The number of halogens is 2. The third-order valence-electron chi connectivity index (χ3n) is 3.78. The first-order valence-corrected chi connectivity index (χ1v) is 10.4. The maximum atomic E-state index is 12.6. The Morgan fingerprint density at radius 3 is 2.93 bits per heavy atom. The van der Waals surface area contributed by atoms with Crippen LogP contribution in [0.25, 0.3) is 10.7 Å². The fourth-order valence-corrected chi connectivity index (χ4v) is 3.71. The molecule has 10 heteroatoms. The molecule has 3 heterocycles. The van der Waals surface area contributed by atoms with Gasteiger partial charge in [-0.3, -0.25) is 4.79 Å². The molecule has 148 valence electrons. The van der Waals surface area contributed by atoms with Crippen molar-refractivity contribution in [1.82, 2.24) is 20.4 Å². The number of rotatable bonds is 10. The molecule has 0 spiro atoms. The van der Waals surface area contributed by atoms with Gasteiger partial charge in [-0.05, 0) is 48.2 Å². The molecular formula is C18H18F2N4O2S2. The monoisotopic (exact) mass is 424 g/mol. The number of thiophene rings is 1. The van der Waals surface area contributed by atoms with Gasteiger partial charge < -0.3 is 9.84 Å². The molecule has 0 saturated carbocycles. The van der Waals surface area contributed by atoms with E-state index in [0.29, 0.717) is 24.7 Å². The van der Waals surface area contributed by atoms with Crippen molar-refractivity contribution in [1.29, 1.82) is 0 Å². The molecular weight excluding hydrogens is 406 g/mol. The van der Waals surface area contributed by atoms with Crippen LogP contribution in [0.2, 0.25) is 0 Å². The van der Waals surface area contributed by atoms with E-state index in [1.54, 1.807) is 17.4 Å². The normalized spacial score (nSPS) is 11.1. The predicted octanol–water partition coefficient (Wildman–Crippen LogP) is 4.65. The quantitative estimate of drug-likeness (QED) is 0.377. The van der Waals surface area contributed by atoms with Crippen LogP contribution in [0.5, 0.6) is 0 Å². The minimum absolute atomic E-state index is 0.0351. The number of thioether (sulfide) groups is 1. The zero-order valence-corrected chi connectivity index (χ0v) is 16.4. The smallest absolute Gasteiger partial charge is 0.290 e. The molecule has 3 aromatic rings. The molecule has 0 fully saturated rings. The standard InChI is InChI=1S/C18H18F2N4O2S2/c19-18(20)28-17-12(6-4-10-22-17)16(25)21-9-3-1-2-8-14-23-15(24-26-14)13-7-5-11-27-13/h4-7,10-11,18H,1-3,8-9H2,(H,21,25). The van der Waals surface area contributed by atoms with Gasteiger partial charge in [-0.25, -0.2) is 4.98 Å². The van der Waals surface area contributed by atoms with E-state index in [9.17, 15) is 13.6 Å². The molecule has 0 atom stereocenters. The Morgan fingerprint density at radius 1 is 1.25 bits per heavy atom. The average molecular weight is 424 g/mol. The van der Waals surface area contributed by atoms with Crippen LogP contribution in [0.1, 0.15) is 35.5 Å². The van der Waals surface area contributed by atoms with E-state index < -0.39 is 11.7 Å². The van der Waals surface area contributed by atoms with Gasteiger partial charge >= 0.3 is 0 Å². The summed E-state index contributed by atoms with van der Waals surface area (Å²) in [6.45, 7) is 0.455. The summed E-state index contributed by atoms with van der Waals surface area (Å²) in [6, 6.07) is 6.92. The van der Waals surface area contributed by atoms with Gasteiger partial charge in [0.25, 0.3) is 11.7 Å². The van der Waals surface area contributed by atoms with E-state index in [-0.39, 0.29) is 22.4 Å². The van der Waals surface area contributed by atoms with Crippen LogP contribution >= 0.6 is 23.1 Å². The van der Waals surface area contributed by atoms with Gasteiger partial charge in [0.1, 0.15) is 5.03 Å². The Kier molecular flexibility index (Phi) is 7.49. The summed E-state index contributed by atoms with van der Waals surface area (Å²) in [4.78, 5) is 21.4. The van der Waals surface area contributed by atoms with Crippen molar-refractivity contribution in [2.75, 3.05) is 6.54 Å². The maximum Gasteiger partial charge on any atom is 0.290 e. The Labute approximate surface area is 168 Å². The fraction of sp³-hybridized carbons (Fsp3) is 0.333. The summed E-state index contributed by atoms with van der Waals surface area (Å²) in [5, 5.41) is 8.71. The number of aromatic nitrogens is 3. The number of aryl methyl sites for hydroxylation is 1. The zero-order chi connectivity index (χ0) is 19.8. The molecule has 28 heavy (non-hydrogen) atoms. The molecule has 0 unspecified atom stereocenters. The molecule has 1 amide bonds. The Balaban J connectivity index is 1.37. The number of hydrogen-bond donors (Lipinski definition) is 1. The molecule has 0 radical (unpaired) electrons. The molecule has 0 aliphatic heterocycles. The van der Waals surface area contributed by atoms with Gasteiger partial charge in [-0.1, -0.05) is 17.6 Å². The van der Waals surface area contributed by atoms with Crippen molar-refractivity contribution in [3.05, 3.63) is 47.3 Å². The lowest BCUT2D eigenvalue weighted by molar-refractivity contribution is 0.0949. The number of nitrogens with one attached hydrogen (secondary N) is 1. The fourth-order valence-electron chi connectivity index (χ4n) is 2.48. The summed E-state index contributed by atoms with van der Waals surface area (Å²) in [5.41, 5.74) is 0.166. The number of pyridine rings is 1. The summed E-state index contributed by atoms with van der Waals surface area (Å²) >= 11 is 1.83. The zero-order valence-electron chi connectivity index (χ0n) is 14.8. The Hall–Kier alpha value is -2.33. The largest absolute Gasteiger partial charge is 0.352 e. The third-order valence-corrected chi connectivity index (χ3v) is 5.37. The minimum Gasteiger partial charge on any atom is -0.352 e. The van der Waals surface area contributed by atoms with Crippen LogP contribution in [0.3, 0.4) is 0 Å². The first-order chi connectivity index (χ1) is 13.6. The van der Waals surface area contributed by atoms with Crippen LogP contribution in [0.15, 0.2) is 45.4 Å². The van der Waals surface area contributed by atoms with Gasteiger partial charge in [-0.15, -0.1) is 11.3 Å². The summed E-state index contributed by atoms with van der Waals surface area (Å²) in [6.07, 6.45) is 4.53. The second kappa shape index (κ2) is 10.3. The van der Waals surface area contributed by atoms with E-state index in [2.05, 4.69) is 20.4 Å². The number of amides is 1. The number of carbonyl (C=O) groups excluding carboxylic acids is 1. The van der Waals surface area contributed by atoms with E-state index in [1.165, 1.54) is 12.3 Å². The van der Waals surface area contributed by atoms with Crippen LogP contribution in [0, 0.1) is 0 Å². The second-order valence-corrected chi connectivity index (χ2v) is 7.72. The molecule has 3 aromatic heterocycles. The molecule has 0 bridgehead atoms. The highest BCUT2D eigenvalue weighted by Gasteiger charge is 2.16. The Morgan fingerprint density at radius 2 is 2.14 bits per heavy atom. The van der Waals surface area contributed by atoms with Crippen molar-refractivity contribution < 1.29 is 18.1 Å². The highest BCUT2D eigenvalue weighted by atomic mass is 32.2. The van der Waals surface area contributed by atoms with Gasteiger partial charge in [0.2, 0.25) is 11.7 Å². The highest BCUT2D eigenvalue weighted by molar-refractivity contribution is 7.99. The van der Waals surface area contributed by atoms with Gasteiger partial charge in [-0.2, -0.15) is 13.8 Å². The van der Waals surface area contributed by atoms with Crippen LogP contribution < -0.4 is 5.32 Å². The molecule has 0 aliphatic carbocycles. The van der Waals surface area contributed by atoms with E-state index in [4.69, 9.17) is 4.52 Å². The van der Waals surface area contributed by atoms with Crippen LogP contribution in [0.4, 0.5) is 8.78 Å². The number of unbranched alkanes of at least 4 members (excludes halogenated alkanes) is 2. The summed E-state index contributed by atoms with van der Waals surface area (Å²) < 4.78 is 30.3. The summed E-state index contributed by atoms with van der Waals surface area (Å²) in [7, 11) is 0. The molecule has 0 aromatic carbocycles. The minimum atomic E-state index is -2.62. The van der Waals surface area contributed by atoms with E-state index in [1.807, 2.05) is 17.5 Å². The van der Waals surface area contributed by atoms with Crippen molar-refractivity contribution in [2.45, 2.75) is 36.5 Å². The first kappa shape index (κ1) is 20.4. The molecule has 6 nitrogen and oxygen atoms in total. The van der Waals surface area contributed by atoms with Crippen LogP contribution in [-0.2, 0) is 6.42 Å². The lowest BCUT2D eigenvalue weighted by atomic mass is 10.2. The lowest BCUT2D eigenvalue weighted by Gasteiger charge is -2.08. The van der Waals surface area contributed by atoms with Gasteiger partial charge in [0, 0.05) is 19.2 Å². The molecule has 0 aliphatic rings. The highest BCUT2D eigenvalue weighted by Crippen LogP contribution is 2.26. The average Bonchev–Trinajstić information content (AvgIpc) is 3.36. The van der Waals surface area contributed by atoms with Crippen LogP contribution in [-0.4, -0.2) is 33.3 Å². The summed E-state index contributed by atoms with van der Waals surface area (Å²) in [5.74, 6) is -1.82. The first-order valence-electron chi connectivity index (χ1n) is 8.68. The van der Waals surface area contributed by atoms with Crippen molar-refractivity contribution >= 4 is 29.0 Å². The van der Waals surface area contributed by atoms with E-state index in [0.717, 1.165) is 24.1 Å². The number of carbonyl (C=O) groups is 1. The van der Waals surface area contributed by atoms with Gasteiger partial charge in [0.05, 0.1) is 10.4 Å². The Bertz CT molecular complexity index is 887.